The van der Waals surface area contributed by atoms with Gasteiger partial charge < -0.3 is 10.2 Å². The number of benzene rings is 2. The smallest absolute Gasteiger partial charge is 0.225 e. The summed E-state index contributed by atoms with van der Waals surface area (Å²) in [5, 5.41) is 3.54. The minimum Gasteiger partial charge on any atom is -0.352 e. The highest BCUT2D eigenvalue weighted by atomic mass is 35.5. The Morgan fingerprint density at radius 1 is 1.12 bits per heavy atom. The molecule has 1 aliphatic rings. The number of halogens is 1. The Kier molecular flexibility index (Phi) is 6.29. The highest BCUT2D eigenvalue weighted by Gasteiger charge is 2.33. The highest BCUT2D eigenvalue weighted by Crippen LogP contribution is 2.20. The van der Waals surface area contributed by atoms with Gasteiger partial charge in [-0.05, 0) is 30.0 Å². The molecule has 1 atom stereocenters. The minimum absolute atomic E-state index is 0.0657. The van der Waals surface area contributed by atoms with Crippen molar-refractivity contribution < 1.29 is 9.59 Å². The Morgan fingerprint density at radius 3 is 2.62 bits per heavy atom. The molecule has 1 unspecified atom stereocenters. The molecule has 0 radical (unpaired) electrons. The van der Waals surface area contributed by atoms with Crippen molar-refractivity contribution in [2.45, 2.75) is 25.8 Å². The van der Waals surface area contributed by atoms with Crippen LogP contribution < -0.4 is 5.32 Å². The molecule has 1 N–H and O–H groups in total. The van der Waals surface area contributed by atoms with E-state index in [0.717, 1.165) is 18.4 Å². The lowest BCUT2D eigenvalue weighted by Gasteiger charge is -2.16. The number of nitrogens with zero attached hydrogens (tertiary/aromatic N) is 1. The molecule has 1 fully saturated rings. The molecular formula is C21H23ClN2O2. The summed E-state index contributed by atoms with van der Waals surface area (Å²) in [4.78, 5) is 26.4. The van der Waals surface area contributed by atoms with Crippen LogP contribution >= 0.6 is 11.6 Å². The van der Waals surface area contributed by atoms with E-state index in [1.54, 1.807) is 6.07 Å². The topological polar surface area (TPSA) is 49.4 Å². The van der Waals surface area contributed by atoms with Gasteiger partial charge in [-0.3, -0.25) is 9.59 Å². The average molecular weight is 371 g/mol. The lowest BCUT2D eigenvalue weighted by molar-refractivity contribution is -0.129. The van der Waals surface area contributed by atoms with E-state index in [9.17, 15) is 9.59 Å². The Morgan fingerprint density at radius 2 is 1.85 bits per heavy atom. The molecule has 2 aromatic carbocycles. The van der Waals surface area contributed by atoms with E-state index in [0.29, 0.717) is 31.1 Å². The van der Waals surface area contributed by atoms with Crippen LogP contribution in [0.5, 0.6) is 0 Å². The molecule has 1 heterocycles. The second-order valence-electron chi connectivity index (χ2n) is 6.64. The van der Waals surface area contributed by atoms with Crippen LogP contribution in [0.4, 0.5) is 0 Å². The first-order valence-corrected chi connectivity index (χ1v) is 9.34. The van der Waals surface area contributed by atoms with Crippen molar-refractivity contribution in [1.29, 1.82) is 0 Å². The van der Waals surface area contributed by atoms with Gasteiger partial charge >= 0.3 is 0 Å². The molecule has 136 valence electrons. The van der Waals surface area contributed by atoms with Gasteiger partial charge in [-0.1, -0.05) is 60.1 Å². The molecular weight excluding hydrogens is 348 g/mol. The summed E-state index contributed by atoms with van der Waals surface area (Å²) in [7, 11) is 0. The molecule has 0 aliphatic carbocycles. The van der Waals surface area contributed by atoms with Crippen molar-refractivity contribution in [2.24, 2.45) is 5.92 Å². The Bertz CT molecular complexity index is 764. The first kappa shape index (κ1) is 18.5. The van der Waals surface area contributed by atoms with Crippen molar-refractivity contribution in [3.8, 4) is 0 Å². The van der Waals surface area contributed by atoms with E-state index in [4.69, 9.17) is 11.6 Å². The summed E-state index contributed by atoms with van der Waals surface area (Å²) < 4.78 is 0. The summed E-state index contributed by atoms with van der Waals surface area (Å²) in [6.07, 6.45) is 2.14. The number of rotatable bonds is 7. The zero-order chi connectivity index (χ0) is 18.4. The van der Waals surface area contributed by atoms with Crippen molar-refractivity contribution in [2.75, 3.05) is 13.1 Å². The van der Waals surface area contributed by atoms with Crippen LogP contribution in [0.25, 0.3) is 0 Å². The van der Waals surface area contributed by atoms with Crippen molar-refractivity contribution in [3.63, 3.8) is 0 Å². The number of carbonyl (C=O) groups excluding carboxylic acids is 2. The molecule has 0 aromatic heterocycles. The van der Waals surface area contributed by atoms with E-state index in [2.05, 4.69) is 17.4 Å². The normalized spacial score (nSPS) is 16.7. The third-order valence-electron chi connectivity index (χ3n) is 4.73. The van der Waals surface area contributed by atoms with Gasteiger partial charge in [0.2, 0.25) is 11.8 Å². The fraction of sp³-hybridized carbons (Fsp3) is 0.333. The Balaban J connectivity index is 1.44. The predicted molar refractivity (Wildman–Crippen MR) is 103 cm³/mol. The summed E-state index contributed by atoms with van der Waals surface area (Å²) in [6, 6.07) is 17.7. The zero-order valence-corrected chi connectivity index (χ0v) is 15.4. The number of amides is 2. The second kappa shape index (κ2) is 8.86. The van der Waals surface area contributed by atoms with Gasteiger partial charge in [0.1, 0.15) is 0 Å². The number of hydrogen-bond donors (Lipinski definition) is 1. The third-order valence-corrected chi connectivity index (χ3v) is 5.10. The molecule has 1 aliphatic heterocycles. The van der Waals surface area contributed by atoms with E-state index < -0.39 is 0 Å². The van der Waals surface area contributed by atoms with Gasteiger partial charge in [0.15, 0.2) is 0 Å². The minimum atomic E-state index is -0.276. The largest absolute Gasteiger partial charge is 0.352 e. The van der Waals surface area contributed by atoms with Crippen molar-refractivity contribution >= 4 is 23.4 Å². The van der Waals surface area contributed by atoms with E-state index in [1.165, 1.54) is 5.56 Å². The predicted octanol–water partition coefficient (Wildman–Crippen LogP) is 3.44. The van der Waals surface area contributed by atoms with Gasteiger partial charge in [-0.15, -0.1) is 0 Å². The van der Waals surface area contributed by atoms with Crippen LogP contribution in [0.1, 0.15) is 24.0 Å². The Hall–Kier alpha value is -2.33. The number of hydrogen-bond acceptors (Lipinski definition) is 2. The fourth-order valence-corrected chi connectivity index (χ4v) is 3.45. The van der Waals surface area contributed by atoms with Gasteiger partial charge in [-0.2, -0.15) is 0 Å². The second-order valence-corrected chi connectivity index (χ2v) is 7.05. The van der Waals surface area contributed by atoms with Crippen LogP contribution in [0.15, 0.2) is 54.6 Å². The molecule has 0 spiro atoms. The summed E-state index contributed by atoms with van der Waals surface area (Å²) in [6.45, 7) is 1.58. The SMILES string of the molecule is O=C(NCc1ccccc1Cl)C1CC(=O)N(CCCc2ccccc2)C1. The number of likely N-dealkylation sites (tertiary alicyclic amines) is 1. The molecule has 2 aromatic rings. The highest BCUT2D eigenvalue weighted by molar-refractivity contribution is 6.31. The lowest BCUT2D eigenvalue weighted by Crippen LogP contribution is -2.33. The summed E-state index contributed by atoms with van der Waals surface area (Å²) >= 11 is 6.11. The maximum absolute atomic E-state index is 12.4. The number of carbonyl (C=O) groups is 2. The fourth-order valence-electron chi connectivity index (χ4n) is 3.25. The summed E-state index contributed by atoms with van der Waals surface area (Å²) in [5.74, 6) is -0.290. The molecule has 4 nitrogen and oxygen atoms in total. The maximum Gasteiger partial charge on any atom is 0.225 e. The van der Waals surface area contributed by atoms with Crippen LogP contribution in [0.3, 0.4) is 0 Å². The van der Waals surface area contributed by atoms with Crippen LogP contribution in [-0.4, -0.2) is 29.8 Å². The van der Waals surface area contributed by atoms with Crippen molar-refractivity contribution in [1.82, 2.24) is 10.2 Å². The molecule has 26 heavy (non-hydrogen) atoms. The van der Waals surface area contributed by atoms with Crippen LogP contribution in [0.2, 0.25) is 5.02 Å². The van der Waals surface area contributed by atoms with Crippen molar-refractivity contribution in [3.05, 3.63) is 70.7 Å². The molecule has 1 saturated heterocycles. The maximum atomic E-state index is 12.4. The molecule has 0 saturated carbocycles. The standard InChI is InChI=1S/C21H23ClN2O2/c22-19-11-5-4-10-17(19)14-23-21(26)18-13-20(25)24(15-18)12-6-9-16-7-2-1-3-8-16/h1-5,7-8,10-11,18H,6,9,12-15H2,(H,23,26). The van der Waals surface area contributed by atoms with E-state index in [1.807, 2.05) is 41.3 Å². The average Bonchev–Trinajstić information content (AvgIpc) is 3.03. The molecule has 0 bridgehead atoms. The first-order chi connectivity index (χ1) is 12.6. The monoisotopic (exact) mass is 370 g/mol. The Labute approximate surface area is 159 Å². The van der Waals surface area contributed by atoms with Gasteiger partial charge in [-0.25, -0.2) is 0 Å². The first-order valence-electron chi connectivity index (χ1n) is 8.96. The molecule has 5 heteroatoms. The van der Waals surface area contributed by atoms with Crippen LogP contribution in [-0.2, 0) is 22.6 Å². The lowest BCUT2D eigenvalue weighted by atomic mass is 10.1. The third kappa shape index (κ3) is 4.85. The molecule has 2 amide bonds. The summed E-state index contributed by atoms with van der Waals surface area (Å²) in [5.41, 5.74) is 2.15. The zero-order valence-electron chi connectivity index (χ0n) is 14.7. The van der Waals surface area contributed by atoms with Crippen LogP contribution in [0, 0.1) is 5.92 Å². The molecule has 3 rings (SSSR count). The van der Waals surface area contributed by atoms with Gasteiger partial charge in [0.25, 0.3) is 0 Å². The van der Waals surface area contributed by atoms with Gasteiger partial charge in [0.05, 0.1) is 5.92 Å². The number of nitrogens with one attached hydrogen (secondary N) is 1. The van der Waals surface area contributed by atoms with E-state index in [-0.39, 0.29) is 17.7 Å². The van der Waals surface area contributed by atoms with E-state index >= 15 is 0 Å². The van der Waals surface area contributed by atoms with Gasteiger partial charge in [0, 0.05) is 31.1 Å². The quantitative estimate of drug-likeness (QED) is 0.811. The number of aryl methyl sites for hydroxylation is 1.